The predicted molar refractivity (Wildman–Crippen MR) is 316 cm³/mol. The molecule has 6 heteroatoms. The summed E-state index contributed by atoms with van der Waals surface area (Å²) in [6, 6.07) is 0. The summed E-state index contributed by atoms with van der Waals surface area (Å²) in [7, 11) is 0. The Balaban J connectivity index is 4.42. The second kappa shape index (κ2) is 60.4. The van der Waals surface area contributed by atoms with E-state index >= 15 is 0 Å². The van der Waals surface area contributed by atoms with Crippen LogP contribution in [-0.2, 0) is 28.6 Å². The van der Waals surface area contributed by atoms with Crippen molar-refractivity contribution >= 4 is 17.9 Å². The molecule has 414 valence electrons. The monoisotopic (exact) mass is 1010 g/mol. The van der Waals surface area contributed by atoms with Gasteiger partial charge in [-0.05, 0) is 128 Å². The first-order valence-electron chi connectivity index (χ1n) is 30.0. The third kappa shape index (κ3) is 58.6. The van der Waals surface area contributed by atoms with E-state index in [4.69, 9.17) is 14.2 Å². The summed E-state index contributed by atoms with van der Waals surface area (Å²) in [6.45, 7) is 6.36. The average Bonchev–Trinajstić information content (AvgIpc) is 3.39. The summed E-state index contributed by atoms with van der Waals surface area (Å²) < 4.78 is 16.9. The number of carbonyl (C=O) groups excluding carboxylic acids is 3. The molecule has 1 atom stereocenters. The summed E-state index contributed by atoms with van der Waals surface area (Å²) >= 11 is 0. The molecule has 0 aliphatic rings. The average molecular weight is 1010 g/mol. The van der Waals surface area contributed by atoms with Crippen molar-refractivity contribution in [3.8, 4) is 0 Å². The molecule has 0 N–H and O–H groups in total. The molecule has 6 nitrogen and oxygen atoms in total. The molecular weight excluding hydrogens is 901 g/mol. The minimum absolute atomic E-state index is 0.0987. The lowest BCUT2D eigenvalue weighted by Crippen LogP contribution is -2.30. The summed E-state index contributed by atoms with van der Waals surface area (Å²) in [6.07, 6.45) is 83.3. The summed E-state index contributed by atoms with van der Waals surface area (Å²) in [5.74, 6) is -0.943. The molecule has 0 amide bonds. The van der Waals surface area contributed by atoms with E-state index in [1.54, 1.807) is 0 Å². The van der Waals surface area contributed by atoms with Gasteiger partial charge >= 0.3 is 17.9 Å². The molecule has 73 heavy (non-hydrogen) atoms. The van der Waals surface area contributed by atoms with Crippen LogP contribution in [0.25, 0.3) is 0 Å². The van der Waals surface area contributed by atoms with Crippen molar-refractivity contribution in [1.82, 2.24) is 0 Å². The van der Waals surface area contributed by atoms with Crippen molar-refractivity contribution in [2.45, 2.75) is 271 Å². The van der Waals surface area contributed by atoms with Crippen LogP contribution < -0.4 is 0 Å². The van der Waals surface area contributed by atoms with Crippen LogP contribution in [0.2, 0.25) is 0 Å². The number of hydrogen-bond donors (Lipinski definition) is 0. The van der Waals surface area contributed by atoms with Gasteiger partial charge < -0.3 is 14.2 Å². The van der Waals surface area contributed by atoms with Crippen molar-refractivity contribution < 1.29 is 28.6 Å². The highest BCUT2D eigenvalue weighted by Crippen LogP contribution is 2.15. The summed E-state index contributed by atoms with van der Waals surface area (Å²) in [4.78, 5) is 38.2. The minimum atomic E-state index is -0.804. The third-order valence-electron chi connectivity index (χ3n) is 12.4. The molecule has 0 saturated carbocycles. The molecule has 0 spiro atoms. The van der Waals surface area contributed by atoms with Gasteiger partial charge in [0.15, 0.2) is 6.10 Å². The van der Waals surface area contributed by atoms with Crippen LogP contribution in [0.4, 0.5) is 0 Å². The highest BCUT2D eigenvalue weighted by atomic mass is 16.6. The molecule has 0 aromatic carbocycles. The zero-order valence-corrected chi connectivity index (χ0v) is 47.4. The summed E-state index contributed by atoms with van der Waals surface area (Å²) in [5.41, 5.74) is 0. The highest BCUT2D eigenvalue weighted by molar-refractivity contribution is 5.71. The van der Waals surface area contributed by atoms with E-state index in [1.165, 1.54) is 89.9 Å². The minimum Gasteiger partial charge on any atom is -0.462 e. The third-order valence-corrected chi connectivity index (χ3v) is 12.4. The Morgan fingerprint density at radius 1 is 0.288 bits per heavy atom. The maximum absolute atomic E-state index is 12.9. The van der Waals surface area contributed by atoms with E-state index in [1.807, 2.05) is 0 Å². The fourth-order valence-corrected chi connectivity index (χ4v) is 7.98. The maximum atomic E-state index is 12.9. The predicted octanol–water partition coefficient (Wildman–Crippen LogP) is 20.4. The summed E-state index contributed by atoms with van der Waals surface area (Å²) in [5, 5.41) is 0. The Labute approximate surface area is 450 Å². The molecule has 0 bridgehead atoms. The van der Waals surface area contributed by atoms with Gasteiger partial charge in [0, 0.05) is 19.3 Å². The Morgan fingerprint density at radius 2 is 0.534 bits per heavy atom. The Morgan fingerprint density at radius 3 is 0.863 bits per heavy atom. The Kier molecular flexibility index (Phi) is 56.9. The second-order valence-corrected chi connectivity index (χ2v) is 19.5. The first-order valence-corrected chi connectivity index (χ1v) is 30.0. The molecule has 0 aliphatic heterocycles. The quantitative estimate of drug-likeness (QED) is 0.0261. The smallest absolute Gasteiger partial charge is 0.306 e. The zero-order chi connectivity index (χ0) is 52.9. The number of carbonyl (C=O) groups is 3. The van der Waals surface area contributed by atoms with Crippen LogP contribution in [-0.4, -0.2) is 37.2 Å². The van der Waals surface area contributed by atoms with E-state index in [9.17, 15) is 14.4 Å². The maximum Gasteiger partial charge on any atom is 0.306 e. The zero-order valence-electron chi connectivity index (χ0n) is 47.4. The van der Waals surface area contributed by atoms with Crippen molar-refractivity contribution in [3.05, 3.63) is 122 Å². The molecule has 0 aliphatic carbocycles. The first kappa shape index (κ1) is 68.8. The number of ether oxygens (including phenoxy) is 3. The van der Waals surface area contributed by atoms with Crippen LogP contribution in [0.3, 0.4) is 0 Å². The molecule has 0 radical (unpaired) electrons. The van der Waals surface area contributed by atoms with Gasteiger partial charge in [-0.2, -0.15) is 0 Å². The molecule has 0 saturated heterocycles. The Bertz CT molecular complexity index is 1540. The molecule has 0 heterocycles. The van der Waals surface area contributed by atoms with Gasteiger partial charge in [-0.3, -0.25) is 14.4 Å². The van der Waals surface area contributed by atoms with Gasteiger partial charge in [0.2, 0.25) is 0 Å². The van der Waals surface area contributed by atoms with Crippen molar-refractivity contribution in [2.24, 2.45) is 0 Å². The number of esters is 3. The van der Waals surface area contributed by atoms with E-state index in [-0.39, 0.29) is 37.5 Å². The van der Waals surface area contributed by atoms with Gasteiger partial charge in [-0.1, -0.05) is 239 Å². The normalized spacial score (nSPS) is 13.0. The molecule has 0 fully saturated rings. The van der Waals surface area contributed by atoms with Gasteiger partial charge in [0.05, 0.1) is 0 Å². The molecule has 0 aromatic rings. The first-order chi connectivity index (χ1) is 36.0. The lowest BCUT2D eigenvalue weighted by atomic mass is 10.1. The lowest BCUT2D eigenvalue weighted by Gasteiger charge is -2.18. The van der Waals surface area contributed by atoms with Crippen LogP contribution in [0, 0.1) is 0 Å². The van der Waals surface area contributed by atoms with E-state index < -0.39 is 6.10 Å². The second-order valence-electron chi connectivity index (χ2n) is 19.5. The topological polar surface area (TPSA) is 78.9 Å². The fourth-order valence-electron chi connectivity index (χ4n) is 7.98. The number of allylic oxidation sites excluding steroid dienone is 20. The van der Waals surface area contributed by atoms with E-state index in [0.29, 0.717) is 12.8 Å². The fraction of sp³-hybridized carbons (Fsp3) is 0.657. The van der Waals surface area contributed by atoms with Gasteiger partial charge in [-0.15, -0.1) is 0 Å². The van der Waals surface area contributed by atoms with Crippen molar-refractivity contribution in [2.75, 3.05) is 13.2 Å². The van der Waals surface area contributed by atoms with Crippen LogP contribution in [0.1, 0.15) is 265 Å². The standard InChI is InChI=1S/C67H110O6/c1-4-7-10-13-16-19-22-25-27-29-31-32-33-34-36-37-39-42-45-48-51-54-57-60-66(69)72-63-64(62-71-65(68)59-56-53-50-47-44-41-24-21-18-15-12-9-6-3)73-67(70)61-58-55-52-49-46-43-40-38-35-30-28-26-23-20-17-14-11-8-5-2/h7-8,10-11,16-17,19-21,24-28,31-32,35,38,43,46,64H,4-6,9,12-15,18,22-23,29-30,33-34,36-37,39-42,44-45,47-63H2,1-3H3/b10-7-,11-8-,19-16-,20-17-,24-21-,27-25-,28-26-,32-31-,38-35-,46-43-. The van der Waals surface area contributed by atoms with E-state index in [2.05, 4.69) is 142 Å². The largest absolute Gasteiger partial charge is 0.462 e. The van der Waals surface area contributed by atoms with Crippen LogP contribution in [0.5, 0.6) is 0 Å². The SMILES string of the molecule is CC/C=C\C/C=C\C/C=C\C/C=C\C/C=C\CCCCCC(=O)OC(COC(=O)CCCCCCC/C=C\CCCCCC)COC(=O)CCCCCCCCCCCC/C=C\C/C=C\C/C=C\C/C=C\CC. The van der Waals surface area contributed by atoms with Crippen molar-refractivity contribution in [3.63, 3.8) is 0 Å². The lowest BCUT2D eigenvalue weighted by molar-refractivity contribution is -0.167. The number of rotatable bonds is 53. The molecule has 0 aromatic heterocycles. The number of hydrogen-bond acceptors (Lipinski definition) is 6. The molecular formula is C67H110O6. The van der Waals surface area contributed by atoms with E-state index in [0.717, 1.165) is 135 Å². The van der Waals surface area contributed by atoms with Gasteiger partial charge in [-0.25, -0.2) is 0 Å². The highest BCUT2D eigenvalue weighted by Gasteiger charge is 2.19. The molecule has 1 unspecified atom stereocenters. The van der Waals surface area contributed by atoms with Crippen LogP contribution >= 0.6 is 0 Å². The van der Waals surface area contributed by atoms with Crippen molar-refractivity contribution in [1.29, 1.82) is 0 Å². The number of unbranched alkanes of at least 4 members (excludes halogenated alkanes) is 22. The van der Waals surface area contributed by atoms with Gasteiger partial charge in [0.1, 0.15) is 13.2 Å². The van der Waals surface area contributed by atoms with Crippen LogP contribution in [0.15, 0.2) is 122 Å². The van der Waals surface area contributed by atoms with Gasteiger partial charge in [0.25, 0.3) is 0 Å². The molecule has 0 rings (SSSR count). The Hall–Kier alpha value is -4.19.